The minimum Gasteiger partial charge on any atom is -0.383 e. The number of thiazole rings is 1. The van der Waals surface area contributed by atoms with Crippen molar-refractivity contribution in [1.82, 2.24) is 10.3 Å². The standard InChI is InChI=1S/C7H13N3S/c1-5(2)9-3-6-7(8)10-4-11-6/h4-5,9H,3,8H2,1-2H3. The summed E-state index contributed by atoms with van der Waals surface area (Å²) in [5.41, 5.74) is 7.36. The van der Waals surface area contributed by atoms with Gasteiger partial charge < -0.3 is 11.1 Å². The van der Waals surface area contributed by atoms with E-state index in [1.54, 1.807) is 16.8 Å². The molecule has 0 aliphatic rings. The molecule has 0 fully saturated rings. The Kier molecular flexibility index (Phi) is 2.84. The van der Waals surface area contributed by atoms with Crippen LogP contribution in [0.25, 0.3) is 0 Å². The zero-order chi connectivity index (χ0) is 8.27. The smallest absolute Gasteiger partial charge is 0.138 e. The topological polar surface area (TPSA) is 50.9 Å². The first kappa shape index (κ1) is 8.49. The Bertz CT molecular complexity index is 219. The van der Waals surface area contributed by atoms with E-state index in [2.05, 4.69) is 24.1 Å². The van der Waals surface area contributed by atoms with E-state index < -0.39 is 0 Å². The van der Waals surface area contributed by atoms with Crippen LogP contribution in [0.15, 0.2) is 5.51 Å². The molecule has 0 unspecified atom stereocenters. The summed E-state index contributed by atoms with van der Waals surface area (Å²) >= 11 is 1.59. The first-order chi connectivity index (χ1) is 5.20. The van der Waals surface area contributed by atoms with Gasteiger partial charge in [-0.05, 0) is 0 Å². The highest BCUT2D eigenvalue weighted by Gasteiger charge is 2.01. The minimum atomic E-state index is 0.497. The Morgan fingerprint density at radius 3 is 2.91 bits per heavy atom. The molecule has 1 aromatic heterocycles. The molecule has 62 valence electrons. The fraction of sp³-hybridized carbons (Fsp3) is 0.571. The van der Waals surface area contributed by atoms with Gasteiger partial charge in [-0.1, -0.05) is 13.8 Å². The van der Waals surface area contributed by atoms with Gasteiger partial charge in [0, 0.05) is 12.6 Å². The van der Waals surface area contributed by atoms with E-state index in [1.807, 2.05) is 0 Å². The van der Waals surface area contributed by atoms with Crippen LogP contribution in [0, 0.1) is 0 Å². The first-order valence-corrected chi connectivity index (χ1v) is 4.49. The Morgan fingerprint density at radius 2 is 2.45 bits per heavy atom. The van der Waals surface area contributed by atoms with Crippen molar-refractivity contribution in [2.24, 2.45) is 0 Å². The Labute approximate surface area is 70.6 Å². The molecule has 1 aromatic rings. The molecule has 0 amide bonds. The lowest BCUT2D eigenvalue weighted by molar-refractivity contribution is 0.593. The lowest BCUT2D eigenvalue weighted by Crippen LogP contribution is -2.21. The van der Waals surface area contributed by atoms with Crippen LogP contribution in [0.5, 0.6) is 0 Å². The van der Waals surface area contributed by atoms with Crippen molar-refractivity contribution in [2.75, 3.05) is 5.73 Å². The predicted molar refractivity (Wildman–Crippen MR) is 48.5 cm³/mol. The third-order valence-corrected chi connectivity index (χ3v) is 2.19. The Hall–Kier alpha value is -0.610. The van der Waals surface area contributed by atoms with E-state index >= 15 is 0 Å². The maximum atomic E-state index is 5.59. The minimum absolute atomic E-state index is 0.497. The highest BCUT2D eigenvalue weighted by atomic mass is 32.1. The number of nitrogens with zero attached hydrogens (tertiary/aromatic N) is 1. The van der Waals surface area contributed by atoms with Crippen molar-refractivity contribution in [2.45, 2.75) is 26.4 Å². The summed E-state index contributed by atoms with van der Waals surface area (Å²) < 4.78 is 0. The zero-order valence-corrected chi connectivity index (χ0v) is 7.61. The molecule has 0 aliphatic carbocycles. The monoisotopic (exact) mass is 171 g/mol. The van der Waals surface area contributed by atoms with Gasteiger partial charge in [0.05, 0.1) is 10.4 Å². The number of nitrogens with two attached hydrogens (primary N) is 1. The largest absolute Gasteiger partial charge is 0.383 e. The van der Waals surface area contributed by atoms with Crippen LogP contribution >= 0.6 is 11.3 Å². The van der Waals surface area contributed by atoms with Gasteiger partial charge in [-0.3, -0.25) is 0 Å². The molecule has 0 aromatic carbocycles. The normalized spacial score (nSPS) is 10.8. The van der Waals surface area contributed by atoms with Crippen LogP contribution < -0.4 is 11.1 Å². The summed E-state index contributed by atoms with van der Waals surface area (Å²) in [4.78, 5) is 5.07. The maximum absolute atomic E-state index is 5.59. The molecule has 3 nitrogen and oxygen atoms in total. The molecule has 0 radical (unpaired) electrons. The summed E-state index contributed by atoms with van der Waals surface area (Å²) in [6, 6.07) is 0.497. The molecule has 11 heavy (non-hydrogen) atoms. The van der Waals surface area contributed by atoms with Gasteiger partial charge >= 0.3 is 0 Å². The molecule has 4 heteroatoms. The second kappa shape index (κ2) is 3.69. The molecule has 0 saturated carbocycles. The predicted octanol–water partition coefficient (Wildman–Crippen LogP) is 1.22. The Morgan fingerprint density at radius 1 is 1.73 bits per heavy atom. The molecule has 0 atom stereocenters. The van der Waals surface area contributed by atoms with Crippen LogP contribution in [0.4, 0.5) is 5.82 Å². The summed E-state index contributed by atoms with van der Waals surface area (Å²) in [7, 11) is 0. The number of nitrogens with one attached hydrogen (secondary N) is 1. The quantitative estimate of drug-likeness (QED) is 0.719. The van der Waals surface area contributed by atoms with Crippen LogP contribution in [0.3, 0.4) is 0 Å². The van der Waals surface area contributed by atoms with Gasteiger partial charge in [-0.25, -0.2) is 4.98 Å². The van der Waals surface area contributed by atoms with E-state index in [1.165, 1.54) is 0 Å². The van der Waals surface area contributed by atoms with E-state index in [0.29, 0.717) is 11.9 Å². The van der Waals surface area contributed by atoms with Gasteiger partial charge in [0.1, 0.15) is 5.82 Å². The van der Waals surface area contributed by atoms with Gasteiger partial charge in [-0.2, -0.15) is 0 Å². The second-order valence-electron chi connectivity index (χ2n) is 2.70. The summed E-state index contributed by atoms with van der Waals surface area (Å²) in [5, 5.41) is 3.28. The molecular weight excluding hydrogens is 158 g/mol. The summed E-state index contributed by atoms with van der Waals surface area (Å²) in [5.74, 6) is 0.656. The van der Waals surface area contributed by atoms with E-state index in [9.17, 15) is 0 Å². The van der Waals surface area contributed by atoms with Crippen LogP contribution in [0.2, 0.25) is 0 Å². The van der Waals surface area contributed by atoms with Crippen molar-refractivity contribution in [3.8, 4) is 0 Å². The van der Waals surface area contributed by atoms with Gasteiger partial charge in [0.15, 0.2) is 0 Å². The SMILES string of the molecule is CC(C)NCc1scnc1N. The maximum Gasteiger partial charge on any atom is 0.138 e. The lowest BCUT2D eigenvalue weighted by Gasteiger charge is -2.05. The summed E-state index contributed by atoms with van der Waals surface area (Å²) in [6.07, 6.45) is 0. The third-order valence-electron chi connectivity index (χ3n) is 1.34. The number of nitrogen functional groups attached to an aromatic ring is 1. The number of aromatic nitrogens is 1. The second-order valence-corrected chi connectivity index (χ2v) is 3.64. The van der Waals surface area contributed by atoms with Crippen LogP contribution in [-0.2, 0) is 6.54 Å². The fourth-order valence-electron chi connectivity index (χ4n) is 0.708. The van der Waals surface area contributed by atoms with Crippen molar-refractivity contribution < 1.29 is 0 Å². The van der Waals surface area contributed by atoms with Crippen molar-refractivity contribution in [1.29, 1.82) is 0 Å². The highest BCUT2D eigenvalue weighted by molar-refractivity contribution is 7.10. The van der Waals surface area contributed by atoms with E-state index in [-0.39, 0.29) is 0 Å². The van der Waals surface area contributed by atoms with Crippen molar-refractivity contribution in [3.05, 3.63) is 10.4 Å². The average molecular weight is 171 g/mol. The number of hydrogen-bond donors (Lipinski definition) is 2. The molecule has 0 saturated heterocycles. The third kappa shape index (κ3) is 2.48. The molecule has 0 spiro atoms. The Balaban J connectivity index is 2.44. The summed E-state index contributed by atoms with van der Waals surface area (Å²) in [6.45, 7) is 5.04. The first-order valence-electron chi connectivity index (χ1n) is 3.61. The number of rotatable bonds is 3. The van der Waals surface area contributed by atoms with E-state index in [4.69, 9.17) is 5.73 Å². The zero-order valence-electron chi connectivity index (χ0n) is 6.79. The highest BCUT2D eigenvalue weighted by Crippen LogP contribution is 2.14. The molecule has 1 rings (SSSR count). The van der Waals surface area contributed by atoms with Gasteiger partial charge in [0.25, 0.3) is 0 Å². The molecule has 3 N–H and O–H groups in total. The molecule has 1 heterocycles. The van der Waals surface area contributed by atoms with Crippen LogP contribution in [0.1, 0.15) is 18.7 Å². The van der Waals surface area contributed by atoms with Crippen molar-refractivity contribution in [3.63, 3.8) is 0 Å². The lowest BCUT2D eigenvalue weighted by atomic mass is 10.4. The van der Waals surface area contributed by atoms with Gasteiger partial charge in [0.2, 0.25) is 0 Å². The number of anilines is 1. The molecule has 0 aliphatic heterocycles. The fourth-order valence-corrected chi connectivity index (χ4v) is 1.34. The average Bonchev–Trinajstić information content (AvgIpc) is 2.31. The number of hydrogen-bond acceptors (Lipinski definition) is 4. The van der Waals surface area contributed by atoms with Gasteiger partial charge in [-0.15, -0.1) is 11.3 Å². The molecular formula is C7H13N3S. The van der Waals surface area contributed by atoms with E-state index in [0.717, 1.165) is 11.4 Å². The van der Waals surface area contributed by atoms with Crippen molar-refractivity contribution >= 4 is 17.2 Å². The molecule has 0 bridgehead atoms. The van der Waals surface area contributed by atoms with Crippen LogP contribution in [-0.4, -0.2) is 11.0 Å².